The topological polar surface area (TPSA) is 69.6 Å². The molecule has 1 saturated heterocycles. The molecule has 3 N–H and O–H groups in total. The van der Waals surface area contributed by atoms with Crippen LogP contribution in [-0.4, -0.2) is 34.9 Å². The van der Waals surface area contributed by atoms with Gasteiger partial charge in [-0.25, -0.2) is 0 Å². The third-order valence-corrected chi connectivity index (χ3v) is 1.90. The van der Waals surface area contributed by atoms with Gasteiger partial charge in [0.15, 0.2) is 0 Å². The fraction of sp³-hybridized carbons (Fsp3) is 0.833. The van der Waals surface area contributed by atoms with E-state index in [-0.39, 0.29) is 6.04 Å². The van der Waals surface area contributed by atoms with Crippen molar-refractivity contribution in [1.82, 2.24) is 5.32 Å². The summed E-state index contributed by atoms with van der Waals surface area (Å²) in [5, 5.41) is 20.6. The van der Waals surface area contributed by atoms with Gasteiger partial charge in [0.05, 0.1) is 12.0 Å². The lowest BCUT2D eigenvalue weighted by Gasteiger charge is -2.10. The SMILES string of the molecule is CC1NC[C@H](C(=O)O)C1O. The van der Waals surface area contributed by atoms with Crippen molar-refractivity contribution in [2.24, 2.45) is 5.92 Å². The van der Waals surface area contributed by atoms with Gasteiger partial charge in [-0.05, 0) is 6.92 Å². The molecule has 1 fully saturated rings. The minimum absolute atomic E-state index is 0.0962. The molecule has 10 heavy (non-hydrogen) atoms. The first-order valence-electron chi connectivity index (χ1n) is 3.27. The quantitative estimate of drug-likeness (QED) is 0.444. The Bertz CT molecular complexity index is 148. The zero-order valence-electron chi connectivity index (χ0n) is 5.74. The van der Waals surface area contributed by atoms with E-state index < -0.39 is 18.0 Å². The van der Waals surface area contributed by atoms with Crippen molar-refractivity contribution >= 4 is 5.97 Å². The van der Waals surface area contributed by atoms with Gasteiger partial charge in [-0.15, -0.1) is 0 Å². The van der Waals surface area contributed by atoms with Gasteiger partial charge in [0.25, 0.3) is 0 Å². The molecule has 0 aromatic carbocycles. The van der Waals surface area contributed by atoms with Crippen LogP contribution in [0.5, 0.6) is 0 Å². The van der Waals surface area contributed by atoms with Crippen LogP contribution >= 0.6 is 0 Å². The number of carbonyl (C=O) groups is 1. The summed E-state index contributed by atoms with van der Waals surface area (Å²) in [4.78, 5) is 10.4. The van der Waals surface area contributed by atoms with E-state index in [1.807, 2.05) is 0 Å². The monoisotopic (exact) mass is 145 g/mol. The van der Waals surface area contributed by atoms with E-state index in [0.717, 1.165) is 0 Å². The molecule has 0 radical (unpaired) electrons. The molecule has 0 saturated carbocycles. The van der Waals surface area contributed by atoms with E-state index >= 15 is 0 Å². The Morgan fingerprint density at radius 2 is 2.30 bits per heavy atom. The van der Waals surface area contributed by atoms with Crippen molar-refractivity contribution in [2.75, 3.05) is 6.54 Å². The largest absolute Gasteiger partial charge is 0.481 e. The van der Waals surface area contributed by atoms with Crippen molar-refractivity contribution < 1.29 is 15.0 Å². The van der Waals surface area contributed by atoms with Crippen molar-refractivity contribution in [3.63, 3.8) is 0 Å². The van der Waals surface area contributed by atoms with Gasteiger partial charge in [-0.3, -0.25) is 4.79 Å². The minimum Gasteiger partial charge on any atom is -0.481 e. The molecule has 4 nitrogen and oxygen atoms in total. The second-order valence-electron chi connectivity index (χ2n) is 2.63. The average molecular weight is 145 g/mol. The van der Waals surface area contributed by atoms with E-state index in [9.17, 15) is 9.90 Å². The predicted octanol–water partition coefficient (Wildman–Crippen LogP) is -0.960. The molecule has 1 heterocycles. The van der Waals surface area contributed by atoms with Gasteiger partial charge in [0, 0.05) is 12.6 Å². The first-order valence-corrected chi connectivity index (χ1v) is 3.27. The van der Waals surface area contributed by atoms with Gasteiger partial charge in [0.1, 0.15) is 0 Å². The second-order valence-corrected chi connectivity index (χ2v) is 2.63. The number of rotatable bonds is 1. The maximum atomic E-state index is 10.4. The summed E-state index contributed by atoms with van der Waals surface area (Å²) >= 11 is 0. The standard InChI is InChI=1S/C6H11NO3/c1-3-5(8)4(2-7-3)6(9)10/h3-5,7-8H,2H2,1H3,(H,9,10)/t3?,4-,5?/m0/s1. The van der Waals surface area contributed by atoms with Crippen LogP contribution in [0.2, 0.25) is 0 Å². The molecular weight excluding hydrogens is 134 g/mol. The van der Waals surface area contributed by atoms with Crippen molar-refractivity contribution in [3.8, 4) is 0 Å². The maximum absolute atomic E-state index is 10.4. The molecular formula is C6H11NO3. The van der Waals surface area contributed by atoms with Gasteiger partial charge in [-0.1, -0.05) is 0 Å². The van der Waals surface area contributed by atoms with E-state index in [1.165, 1.54) is 0 Å². The fourth-order valence-corrected chi connectivity index (χ4v) is 1.14. The average Bonchev–Trinajstić information content (AvgIpc) is 2.14. The van der Waals surface area contributed by atoms with E-state index in [4.69, 9.17) is 5.11 Å². The summed E-state index contributed by atoms with van der Waals surface area (Å²) in [6, 6.07) is -0.0962. The molecule has 0 amide bonds. The summed E-state index contributed by atoms with van der Waals surface area (Å²) in [6.07, 6.45) is -0.738. The molecule has 1 rings (SSSR count). The van der Waals surface area contributed by atoms with Crippen LogP contribution in [0, 0.1) is 5.92 Å². The molecule has 4 heteroatoms. The van der Waals surface area contributed by atoms with Gasteiger partial charge in [-0.2, -0.15) is 0 Å². The highest BCUT2D eigenvalue weighted by Gasteiger charge is 2.36. The number of carboxylic acids is 1. The first-order chi connectivity index (χ1) is 4.63. The van der Waals surface area contributed by atoms with E-state index in [1.54, 1.807) is 6.92 Å². The summed E-state index contributed by atoms with van der Waals surface area (Å²) in [5.74, 6) is -1.56. The second kappa shape index (κ2) is 2.56. The lowest BCUT2D eigenvalue weighted by atomic mass is 10.0. The summed E-state index contributed by atoms with van der Waals surface area (Å²) < 4.78 is 0. The van der Waals surface area contributed by atoms with Crippen LogP contribution in [0.25, 0.3) is 0 Å². The van der Waals surface area contributed by atoms with E-state index in [2.05, 4.69) is 5.32 Å². The van der Waals surface area contributed by atoms with E-state index in [0.29, 0.717) is 6.54 Å². The van der Waals surface area contributed by atoms with Gasteiger partial charge in [0.2, 0.25) is 0 Å². The molecule has 0 spiro atoms. The number of aliphatic hydroxyl groups excluding tert-OH is 1. The van der Waals surface area contributed by atoms with Crippen molar-refractivity contribution in [3.05, 3.63) is 0 Å². The van der Waals surface area contributed by atoms with Gasteiger partial charge >= 0.3 is 5.97 Å². The highest BCUT2D eigenvalue weighted by atomic mass is 16.4. The summed E-state index contributed by atoms with van der Waals surface area (Å²) in [5.41, 5.74) is 0. The van der Waals surface area contributed by atoms with Crippen LogP contribution in [0.3, 0.4) is 0 Å². The Morgan fingerprint density at radius 1 is 1.70 bits per heavy atom. The smallest absolute Gasteiger partial charge is 0.310 e. The molecule has 1 aliphatic heterocycles. The Labute approximate surface area is 58.9 Å². The Balaban J connectivity index is 2.57. The number of hydrogen-bond acceptors (Lipinski definition) is 3. The normalized spacial score (nSPS) is 40.0. The number of hydrogen-bond donors (Lipinski definition) is 3. The highest BCUT2D eigenvalue weighted by Crippen LogP contribution is 2.14. The van der Waals surface area contributed by atoms with Crippen LogP contribution in [0.15, 0.2) is 0 Å². The Hall–Kier alpha value is -0.610. The third-order valence-electron chi connectivity index (χ3n) is 1.90. The van der Waals surface area contributed by atoms with Crippen LogP contribution < -0.4 is 5.32 Å². The van der Waals surface area contributed by atoms with Crippen LogP contribution in [0.4, 0.5) is 0 Å². The third kappa shape index (κ3) is 1.12. The summed E-state index contributed by atoms with van der Waals surface area (Å²) in [7, 11) is 0. The zero-order chi connectivity index (χ0) is 7.72. The van der Waals surface area contributed by atoms with Crippen molar-refractivity contribution in [2.45, 2.75) is 19.1 Å². The van der Waals surface area contributed by atoms with Gasteiger partial charge < -0.3 is 15.5 Å². The molecule has 0 aliphatic carbocycles. The van der Waals surface area contributed by atoms with Crippen LogP contribution in [-0.2, 0) is 4.79 Å². The molecule has 0 bridgehead atoms. The lowest BCUT2D eigenvalue weighted by Crippen LogP contribution is -2.30. The molecule has 2 unspecified atom stereocenters. The number of aliphatic carboxylic acids is 1. The zero-order valence-corrected chi connectivity index (χ0v) is 5.74. The number of aliphatic hydroxyl groups is 1. The Kier molecular flexibility index (Phi) is 1.92. The molecule has 0 aromatic rings. The van der Waals surface area contributed by atoms with Crippen LogP contribution in [0.1, 0.15) is 6.92 Å². The molecule has 3 atom stereocenters. The number of nitrogens with one attached hydrogen (secondary N) is 1. The predicted molar refractivity (Wildman–Crippen MR) is 34.6 cm³/mol. The fourth-order valence-electron chi connectivity index (χ4n) is 1.14. The minimum atomic E-state index is -0.927. The highest BCUT2D eigenvalue weighted by molar-refractivity contribution is 5.71. The van der Waals surface area contributed by atoms with Crippen molar-refractivity contribution in [1.29, 1.82) is 0 Å². The number of carboxylic acid groups (broad SMARTS) is 1. The first kappa shape index (κ1) is 7.50. The Morgan fingerprint density at radius 3 is 2.50 bits per heavy atom. The molecule has 0 aromatic heterocycles. The molecule has 58 valence electrons. The molecule has 1 aliphatic rings. The summed E-state index contributed by atoms with van der Waals surface area (Å²) in [6.45, 7) is 2.14. The lowest BCUT2D eigenvalue weighted by molar-refractivity contribution is -0.144. The maximum Gasteiger partial charge on any atom is 0.310 e.